The number of nitrogen functional groups attached to an aromatic ring is 1. The number of rotatable bonds is 3. The zero-order valence-corrected chi connectivity index (χ0v) is 13.1. The van der Waals surface area contributed by atoms with Crippen molar-refractivity contribution in [2.75, 3.05) is 23.0 Å². The lowest BCUT2D eigenvalue weighted by molar-refractivity contribution is 0.184. The number of aliphatic hydroxyl groups is 1. The lowest BCUT2D eigenvalue weighted by Crippen LogP contribution is -2.22. The van der Waals surface area contributed by atoms with Crippen molar-refractivity contribution in [3.8, 4) is 0 Å². The van der Waals surface area contributed by atoms with Crippen LogP contribution in [-0.4, -0.2) is 37.2 Å². The first-order valence-corrected chi connectivity index (χ1v) is 8.98. The second kappa shape index (κ2) is 5.87. The SMILES string of the molecule is CC(O)c1nc2cc(N)ccc2n1CC1CSCCS1. The average molecular weight is 309 g/mol. The summed E-state index contributed by atoms with van der Waals surface area (Å²) in [6, 6.07) is 5.78. The summed E-state index contributed by atoms with van der Waals surface area (Å²) in [6.45, 7) is 2.67. The first-order valence-electron chi connectivity index (χ1n) is 6.78. The van der Waals surface area contributed by atoms with Gasteiger partial charge in [0, 0.05) is 34.7 Å². The van der Waals surface area contributed by atoms with E-state index >= 15 is 0 Å². The molecule has 1 saturated heterocycles. The van der Waals surface area contributed by atoms with Crippen LogP contribution in [0.25, 0.3) is 11.0 Å². The maximum atomic E-state index is 9.98. The molecule has 1 aliphatic heterocycles. The Kier molecular flexibility index (Phi) is 4.14. The van der Waals surface area contributed by atoms with Crippen molar-refractivity contribution in [1.29, 1.82) is 0 Å². The number of benzene rings is 1. The maximum Gasteiger partial charge on any atom is 0.138 e. The second-order valence-corrected chi connectivity index (χ2v) is 7.63. The van der Waals surface area contributed by atoms with E-state index in [4.69, 9.17) is 5.73 Å². The summed E-state index contributed by atoms with van der Waals surface area (Å²) in [5.74, 6) is 4.35. The molecule has 2 heterocycles. The summed E-state index contributed by atoms with van der Waals surface area (Å²) in [5.41, 5.74) is 8.47. The van der Waals surface area contributed by atoms with Crippen LogP contribution in [0.2, 0.25) is 0 Å². The number of imidazole rings is 1. The van der Waals surface area contributed by atoms with Crippen LogP contribution in [0, 0.1) is 0 Å². The van der Waals surface area contributed by atoms with Gasteiger partial charge in [-0.2, -0.15) is 23.5 Å². The quantitative estimate of drug-likeness (QED) is 0.853. The minimum Gasteiger partial charge on any atom is -0.399 e. The Morgan fingerprint density at radius 3 is 3.05 bits per heavy atom. The number of nitrogens with two attached hydrogens (primary N) is 1. The number of aromatic nitrogens is 2. The van der Waals surface area contributed by atoms with E-state index in [1.165, 1.54) is 17.3 Å². The Balaban J connectivity index is 1.99. The van der Waals surface area contributed by atoms with Crippen molar-refractivity contribution in [1.82, 2.24) is 9.55 Å². The number of hydrogen-bond acceptors (Lipinski definition) is 5. The molecule has 2 aromatic rings. The van der Waals surface area contributed by atoms with Gasteiger partial charge in [-0.1, -0.05) is 0 Å². The summed E-state index contributed by atoms with van der Waals surface area (Å²) in [5, 5.41) is 10.6. The predicted octanol–water partition coefficient (Wildman–Crippen LogP) is 2.52. The molecule has 0 saturated carbocycles. The number of nitrogens with zero attached hydrogens (tertiary/aromatic N) is 2. The predicted molar refractivity (Wildman–Crippen MR) is 88.4 cm³/mol. The van der Waals surface area contributed by atoms with Gasteiger partial charge in [-0.05, 0) is 25.1 Å². The van der Waals surface area contributed by atoms with E-state index in [0.717, 1.165) is 23.4 Å². The molecule has 108 valence electrons. The van der Waals surface area contributed by atoms with Crippen LogP contribution in [0.4, 0.5) is 5.69 Å². The molecule has 1 fully saturated rings. The number of aliphatic hydroxyl groups excluding tert-OH is 1. The van der Waals surface area contributed by atoms with E-state index in [-0.39, 0.29) is 0 Å². The zero-order valence-electron chi connectivity index (χ0n) is 11.5. The third kappa shape index (κ3) is 2.77. The number of fused-ring (bicyclic) bond motifs is 1. The minimum atomic E-state index is -0.565. The van der Waals surface area contributed by atoms with Crippen molar-refractivity contribution in [2.45, 2.75) is 24.8 Å². The van der Waals surface area contributed by atoms with Crippen molar-refractivity contribution in [3.63, 3.8) is 0 Å². The number of hydrogen-bond donors (Lipinski definition) is 2. The molecule has 20 heavy (non-hydrogen) atoms. The summed E-state index contributed by atoms with van der Waals surface area (Å²) >= 11 is 4.03. The van der Waals surface area contributed by atoms with Crippen LogP contribution in [0.3, 0.4) is 0 Å². The average Bonchev–Trinajstić information content (AvgIpc) is 2.78. The van der Waals surface area contributed by atoms with E-state index in [1.807, 2.05) is 41.7 Å². The molecule has 0 spiro atoms. The fourth-order valence-electron chi connectivity index (χ4n) is 2.52. The van der Waals surface area contributed by atoms with Crippen LogP contribution in [-0.2, 0) is 6.54 Å². The van der Waals surface area contributed by atoms with E-state index in [1.54, 1.807) is 6.92 Å². The molecule has 0 radical (unpaired) electrons. The van der Waals surface area contributed by atoms with Crippen molar-refractivity contribution in [2.24, 2.45) is 0 Å². The number of anilines is 1. The highest BCUT2D eigenvalue weighted by Gasteiger charge is 2.20. The monoisotopic (exact) mass is 309 g/mol. The highest BCUT2D eigenvalue weighted by atomic mass is 32.2. The van der Waals surface area contributed by atoms with Gasteiger partial charge in [-0.3, -0.25) is 0 Å². The molecule has 6 heteroatoms. The summed E-state index contributed by atoms with van der Waals surface area (Å²) in [4.78, 5) is 4.56. The Hall–Kier alpha value is -0.850. The molecular formula is C14H19N3OS2. The molecule has 2 unspecified atom stereocenters. The van der Waals surface area contributed by atoms with E-state index in [9.17, 15) is 5.11 Å². The molecule has 0 bridgehead atoms. The zero-order chi connectivity index (χ0) is 14.1. The van der Waals surface area contributed by atoms with Crippen LogP contribution in [0.5, 0.6) is 0 Å². The highest BCUT2D eigenvalue weighted by Crippen LogP contribution is 2.29. The summed E-state index contributed by atoms with van der Waals surface area (Å²) < 4.78 is 2.16. The third-order valence-electron chi connectivity index (χ3n) is 3.45. The van der Waals surface area contributed by atoms with Crippen LogP contribution in [0.1, 0.15) is 18.9 Å². The molecule has 0 aliphatic carbocycles. The van der Waals surface area contributed by atoms with Gasteiger partial charge in [-0.25, -0.2) is 4.98 Å². The molecular weight excluding hydrogens is 290 g/mol. The second-order valence-electron chi connectivity index (χ2n) is 5.07. The van der Waals surface area contributed by atoms with Gasteiger partial charge in [0.15, 0.2) is 0 Å². The number of thioether (sulfide) groups is 2. The van der Waals surface area contributed by atoms with E-state index in [2.05, 4.69) is 9.55 Å². The van der Waals surface area contributed by atoms with Gasteiger partial charge in [0.25, 0.3) is 0 Å². The lowest BCUT2D eigenvalue weighted by Gasteiger charge is -2.23. The topological polar surface area (TPSA) is 64.1 Å². The Bertz CT molecular complexity index is 606. The first kappa shape index (κ1) is 14.1. The Morgan fingerprint density at radius 1 is 1.50 bits per heavy atom. The van der Waals surface area contributed by atoms with Gasteiger partial charge in [0.1, 0.15) is 11.9 Å². The molecule has 1 aliphatic rings. The van der Waals surface area contributed by atoms with Gasteiger partial charge >= 0.3 is 0 Å². The molecule has 0 amide bonds. The van der Waals surface area contributed by atoms with Gasteiger partial charge < -0.3 is 15.4 Å². The largest absolute Gasteiger partial charge is 0.399 e. The normalized spacial score (nSPS) is 21.2. The minimum absolute atomic E-state index is 0.565. The van der Waals surface area contributed by atoms with Crippen molar-refractivity contribution < 1.29 is 5.11 Å². The lowest BCUT2D eigenvalue weighted by atomic mass is 10.3. The van der Waals surface area contributed by atoms with Crippen molar-refractivity contribution in [3.05, 3.63) is 24.0 Å². The molecule has 1 aromatic heterocycles. The standard InChI is InChI=1S/C14H19N3OS2/c1-9(18)14-16-12-6-10(15)2-3-13(12)17(14)7-11-8-19-4-5-20-11/h2-3,6,9,11,18H,4-5,7-8,15H2,1H3. The summed E-state index contributed by atoms with van der Waals surface area (Å²) in [7, 11) is 0. The van der Waals surface area contributed by atoms with E-state index in [0.29, 0.717) is 10.9 Å². The van der Waals surface area contributed by atoms with Gasteiger partial charge in [-0.15, -0.1) is 0 Å². The van der Waals surface area contributed by atoms with Crippen LogP contribution in [0.15, 0.2) is 18.2 Å². The Morgan fingerprint density at radius 2 is 2.35 bits per heavy atom. The summed E-state index contributed by atoms with van der Waals surface area (Å²) in [6.07, 6.45) is -0.565. The highest BCUT2D eigenvalue weighted by molar-refractivity contribution is 8.06. The smallest absolute Gasteiger partial charge is 0.138 e. The first-order chi connectivity index (χ1) is 9.65. The van der Waals surface area contributed by atoms with E-state index < -0.39 is 6.10 Å². The molecule has 4 nitrogen and oxygen atoms in total. The third-order valence-corrected chi connectivity index (χ3v) is 6.27. The maximum absolute atomic E-state index is 9.98. The van der Waals surface area contributed by atoms with Gasteiger partial charge in [0.05, 0.1) is 11.0 Å². The molecule has 3 N–H and O–H groups in total. The van der Waals surface area contributed by atoms with Gasteiger partial charge in [0.2, 0.25) is 0 Å². The van der Waals surface area contributed by atoms with Crippen LogP contribution >= 0.6 is 23.5 Å². The fourth-order valence-corrected chi connectivity index (χ4v) is 5.17. The molecule has 1 aromatic carbocycles. The van der Waals surface area contributed by atoms with Crippen molar-refractivity contribution >= 4 is 40.2 Å². The molecule has 3 rings (SSSR count). The fraction of sp³-hybridized carbons (Fsp3) is 0.500. The Labute approximate surface area is 127 Å². The molecule has 2 atom stereocenters. The van der Waals surface area contributed by atoms with Crippen LogP contribution < -0.4 is 5.73 Å².